The van der Waals surface area contributed by atoms with Crippen LogP contribution in [0.2, 0.25) is 0 Å². The molecule has 2 heterocycles. The molecule has 1 unspecified atom stereocenters. The predicted octanol–water partition coefficient (Wildman–Crippen LogP) is 1.49. The zero-order valence-electron chi connectivity index (χ0n) is 10.9. The second-order valence-electron chi connectivity index (χ2n) is 4.29. The van der Waals surface area contributed by atoms with Crippen LogP contribution < -0.4 is 5.32 Å². The number of hydrogen-bond donors (Lipinski definition) is 1. The summed E-state index contributed by atoms with van der Waals surface area (Å²) in [6.07, 6.45) is 7.19. The lowest BCUT2D eigenvalue weighted by atomic mass is 10.0. The van der Waals surface area contributed by atoms with E-state index in [2.05, 4.69) is 27.3 Å². The van der Waals surface area contributed by atoms with Crippen molar-refractivity contribution in [3.05, 3.63) is 42.2 Å². The van der Waals surface area contributed by atoms with Gasteiger partial charge in [0.15, 0.2) is 0 Å². The molecule has 0 amide bonds. The molecule has 0 aromatic carbocycles. The zero-order valence-corrected chi connectivity index (χ0v) is 10.9. The smallest absolute Gasteiger partial charge is 0.138 e. The third-order valence-corrected chi connectivity index (χ3v) is 2.94. The van der Waals surface area contributed by atoms with E-state index in [1.165, 1.54) is 5.56 Å². The first-order valence-electron chi connectivity index (χ1n) is 6.27. The fraction of sp³-hybridized carbons (Fsp3) is 0.462. The number of nitrogens with one attached hydrogen (secondary N) is 1. The maximum absolute atomic E-state index is 4.29. The van der Waals surface area contributed by atoms with Crippen LogP contribution in [-0.4, -0.2) is 26.3 Å². The summed E-state index contributed by atoms with van der Waals surface area (Å²) in [7, 11) is 1.92. The van der Waals surface area contributed by atoms with E-state index in [1.54, 1.807) is 6.33 Å². The van der Waals surface area contributed by atoms with Crippen molar-refractivity contribution in [2.75, 3.05) is 6.54 Å². The van der Waals surface area contributed by atoms with E-state index in [0.29, 0.717) is 0 Å². The van der Waals surface area contributed by atoms with Gasteiger partial charge in [-0.25, -0.2) is 4.98 Å². The largest absolute Gasteiger partial charge is 0.310 e. The topological polar surface area (TPSA) is 55.6 Å². The summed E-state index contributed by atoms with van der Waals surface area (Å²) >= 11 is 0. The second kappa shape index (κ2) is 6.26. The molecule has 5 heteroatoms. The average Bonchev–Trinajstić information content (AvgIpc) is 2.81. The van der Waals surface area contributed by atoms with E-state index in [9.17, 15) is 0 Å². The Bertz CT molecular complexity index is 465. The van der Waals surface area contributed by atoms with Crippen LogP contribution in [0, 0.1) is 0 Å². The Morgan fingerprint density at radius 2 is 2.11 bits per heavy atom. The first-order chi connectivity index (χ1) is 8.81. The van der Waals surface area contributed by atoms with Crippen molar-refractivity contribution in [3.63, 3.8) is 0 Å². The van der Waals surface area contributed by atoms with Crippen molar-refractivity contribution in [2.24, 2.45) is 7.05 Å². The second-order valence-corrected chi connectivity index (χ2v) is 4.29. The first-order valence-corrected chi connectivity index (χ1v) is 6.27. The van der Waals surface area contributed by atoms with Crippen molar-refractivity contribution in [1.82, 2.24) is 25.1 Å². The van der Waals surface area contributed by atoms with Gasteiger partial charge in [0.05, 0.1) is 0 Å². The van der Waals surface area contributed by atoms with E-state index in [1.807, 2.05) is 36.3 Å². The molecule has 0 aliphatic carbocycles. The van der Waals surface area contributed by atoms with Gasteiger partial charge in [-0.05, 0) is 30.7 Å². The Morgan fingerprint density at radius 1 is 1.33 bits per heavy atom. The van der Waals surface area contributed by atoms with Crippen LogP contribution in [0.3, 0.4) is 0 Å². The maximum atomic E-state index is 4.29. The summed E-state index contributed by atoms with van der Waals surface area (Å²) in [6, 6.07) is 4.35. The standard InChI is InChI=1S/C13H19N5/c1-3-6-15-12(11-4-7-14-8-5-11)9-13-16-10-17-18(13)2/h4-5,7-8,10,12,15H,3,6,9H2,1-2H3. The third kappa shape index (κ3) is 3.13. The van der Waals surface area contributed by atoms with Gasteiger partial charge >= 0.3 is 0 Å². The highest BCUT2D eigenvalue weighted by Gasteiger charge is 2.14. The minimum absolute atomic E-state index is 0.260. The quantitative estimate of drug-likeness (QED) is 0.838. The molecule has 0 aliphatic heterocycles. The molecular weight excluding hydrogens is 226 g/mol. The van der Waals surface area contributed by atoms with Crippen LogP contribution in [0.25, 0.3) is 0 Å². The SMILES string of the molecule is CCCNC(Cc1ncnn1C)c1ccncc1. The van der Waals surface area contributed by atoms with Crippen LogP contribution in [0.5, 0.6) is 0 Å². The van der Waals surface area contributed by atoms with E-state index in [0.717, 1.165) is 25.2 Å². The molecule has 96 valence electrons. The summed E-state index contributed by atoms with van der Waals surface area (Å²) in [5.74, 6) is 0.986. The lowest BCUT2D eigenvalue weighted by Crippen LogP contribution is -2.25. The summed E-state index contributed by atoms with van der Waals surface area (Å²) < 4.78 is 1.82. The van der Waals surface area contributed by atoms with Crippen LogP contribution >= 0.6 is 0 Å². The third-order valence-electron chi connectivity index (χ3n) is 2.94. The van der Waals surface area contributed by atoms with Crippen molar-refractivity contribution in [2.45, 2.75) is 25.8 Å². The van der Waals surface area contributed by atoms with Crippen molar-refractivity contribution >= 4 is 0 Å². The molecule has 0 saturated carbocycles. The van der Waals surface area contributed by atoms with Gasteiger partial charge in [-0.2, -0.15) is 5.10 Å². The maximum Gasteiger partial charge on any atom is 0.138 e. The summed E-state index contributed by atoms with van der Waals surface area (Å²) in [4.78, 5) is 8.35. The lowest BCUT2D eigenvalue weighted by molar-refractivity contribution is 0.506. The Hall–Kier alpha value is -1.75. The summed E-state index contributed by atoms with van der Waals surface area (Å²) in [6.45, 7) is 3.16. The Kier molecular flexibility index (Phi) is 4.41. The molecule has 0 fully saturated rings. The minimum atomic E-state index is 0.260. The van der Waals surface area contributed by atoms with Crippen molar-refractivity contribution in [1.29, 1.82) is 0 Å². The van der Waals surface area contributed by atoms with E-state index in [-0.39, 0.29) is 6.04 Å². The molecule has 2 aromatic rings. The summed E-state index contributed by atoms with van der Waals surface area (Å²) in [5, 5.41) is 7.65. The molecule has 2 rings (SSSR count). The molecule has 0 saturated heterocycles. The fourth-order valence-electron chi connectivity index (χ4n) is 1.91. The molecule has 2 aromatic heterocycles. The molecule has 0 radical (unpaired) electrons. The molecule has 1 N–H and O–H groups in total. The van der Waals surface area contributed by atoms with Crippen molar-refractivity contribution in [3.8, 4) is 0 Å². The monoisotopic (exact) mass is 245 g/mol. The van der Waals surface area contributed by atoms with Crippen LogP contribution in [-0.2, 0) is 13.5 Å². The van der Waals surface area contributed by atoms with Crippen LogP contribution in [0.1, 0.15) is 30.8 Å². The molecule has 18 heavy (non-hydrogen) atoms. The van der Waals surface area contributed by atoms with Gasteiger partial charge in [0.25, 0.3) is 0 Å². The van der Waals surface area contributed by atoms with Crippen LogP contribution in [0.4, 0.5) is 0 Å². The number of pyridine rings is 1. The minimum Gasteiger partial charge on any atom is -0.310 e. The van der Waals surface area contributed by atoms with E-state index < -0.39 is 0 Å². The molecular formula is C13H19N5. The van der Waals surface area contributed by atoms with Gasteiger partial charge in [0.2, 0.25) is 0 Å². The molecule has 5 nitrogen and oxygen atoms in total. The van der Waals surface area contributed by atoms with Gasteiger partial charge in [-0.15, -0.1) is 0 Å². The number of aryl methyl sites for hydroxylation is 1. The first kappa shape index (κ1) is 12.7. The Balaban J connectivity index is 2.13. The normalized spacial score (nSPS) is 12.6. The van der Waals surface area contributed by atoms with Crippen molar-refractivity contribution < 1.29 is 0 Å². The molecule has 0 spiro atoms. The highest BCUT2D eigenvalue weighted by molar-refractivity contribution is 5.16. The number of hydrogen-bond acceptors (Lipinski definition) is 4. The molecule has 1 atom stereocenters. The molecule has 0 bridgehead atoms. The Labute approximate surface area is 107 Å². The van der Waals surface area contributed by atoms with Gasteiger partial charge in [-0.1, -0.05) is 6.92 Å². The lowest BCUT2D eigenvalue weighted by Gasteiger charge is -2.18. The van der Waals surface area contributed by atoms with E-state index in [4.69, 9.17) is 0 Å². The van der Waals surface area contributed by atoms with Crippen LogP contribution in [0.15, 0.2) is 30.9 Å². The van der Waals surface area contributed by atoms with Gasteiger partial charge in [-0.3, -0.25) is 9.67 Å². The fourth-order valence-corrected chi connectivity index (χ4v) is 1.91. The summed E-state index contributed by atoms with van der Waals surface area (Å²) in [5.41, 5.74) is 1.24. The number of aromatic nitrogens is 4. The van der Waals surface area contributed by atoms with E-state index >= 15 is 0 Å². The number of rotatable bonds is 6. The zero-order chi connectivity index (χ0) is 12.8. The van der Waals surface area contributed by atoms with Gasteiger partial charge < -0.3 is 5.32 Å². The van der Waals surface area contributed by atoms with Gasteiger partial charge in [0, 0.05) is 31.9 Å². The highest BCUT2D eigenvalue weighted by Crippen LogP contribution is 2.16. The average molecular weight is 245 g/mol. The van der Waals surface area contributed by atoms with Gasteiger partial charge in [0.1, 0.15) is 12.2 Å². The number of nitrogens with zero attached hydrogens (tertiary/aromatic N) is 4. The Morgan fingerprint density at radius 3 is 2.72 bits per heavy atom. The predicted molar refractivity (Wildman–Crippen MR) is 70.0 cm³/mol. The molecule has 0 aliphatic rings. The highest BCUT2D eigenvalue weighted by atomic mass is 15.3.